The summed E-state index contributed by atoms with van der Waals surface area (Å²) >= 11 is 0. The van der Waals surface area contributed by atoms with Crippen molar-refractivity contribution in [2.24, 2.45) is 0 Å². The van der Waals surface area contributed by atoms with E-state index in [0.29, 0.717) is 43.4 Å². The van der Waals surface area contributed by atoms with Gasteiger partial charge in [-0.3, -0.25) is 4.90 Å². The van der Waals surface area contributed by atoms with Gasteiger partial charge in [-0.1, -0.05) is 0 Å². The van der Waals surface area contributed by atoms with E-state index >= 15 is 0 Å². The summed E-state index contributed by atoms with van der Waals surface area (Å²) in [6, 6.07) is 4.13. The van der Waals surface area contributed by atoms with E-state index in [1.807, 2.05) is 0 Å². The predicted octanol–water partition coefficient (Wildman–Crippen LogP) is 1.16. The molecule has 0 aliphatic carbocycles. The van der Waals surface area contributed by atoms with Gasteiger partial charge < -0.3 is 19.7 Å². The third-order valence-electron chi connectivity index (χ3n) is 3.92. The van der Waals surface area contributed by atoms with Gasteiger partial charge in [-0.2, -0.15) is 0 Å². The second-order valence-corrected chi connectivity index (χ2v) is 5.40. The van der Waals surface area contributed by atoms with Crippen LogP contribution in [0.5, 0.6) is 11.5 Å². The van der Waals surface area contributed by atoms with Crippen LogP contribution >= 0.6 is 0 Å². The minimum Gasteiger partial charge on any atom is -0.504 e. The number of hydrogen-bond acceptors (Lipinski definition) is 6. The molecule has 6 heteroatoms. The van der Waals surface area contributed by atoms with Crippen LogP contribution in [0.4, 0.5) is 0 Å². The highest BCUT2D eigenvalue weighted by Crippen LogP contribution is 2.36. The molecule has 0 amide bonds. The van der Waals surface area contributed by atoms with Crippen molar-refractivity contribution in [1.29, 1.82) is 0 Å². The SMILES string of the molecule is O=c1ccc2c(CN3CCC(O)CC3)c(O)c(O)cc2o1. The number of fused-ring (bicyclic) bond motifs is 1. The molecule has 3 N–H and O–H groups in total. The first-order valence-electron chi connectivity index (χ1n) is 6.92. The smallest absolute Gasteiger partial charge is 0.336 e. The Morgan fingerprint density at radius 1 is 1.24 bits per heavy atom. The molecule has 0 radical (unpaired) electrons. The number of aliphatic hydroxyl groups excluding tert-OH is 1. The molecule has 1 fully saturated rings. The maximum absolute atomic E-state index is 11.3. The van der Waals surface area contributed by atoms with Gasteiger partial charge in [0.05, 0.1) is 6.10 Å². The molecule has 3 rings (SSSR count). The van der Waals surface area contributed by atoms with Crippen LogP contribution in [0.25, 0.3) is 11.0 Å². The van der Waals surface area contributed by atoms with Crippen LogP contribution in [0.3, 0.4) is 0 Å². The molecule has 1 aromatic carbocycles. The van der Waals surface area contributed by atoms with Crippen molar-refractivity contribution < 1.29 is 19.7 Å². The Labute approximate surface area is 120 Å². The quantitative estimate of drug-likeness (QED) is 0.568. The highest BCUT2D eigenvalue weighted by molar-refractivity contribution is 5.85. The fourth-order valence-corrected chi connectivity index (χ4v) is 2.72. The number of phenols is 2. The van der Waals surface area contributed by atoms with Crippen LogP contribution in [0.1, 0.15) is 18.4 Å². The van der Waals surface area contributed by atoms with Crippen molar-refractivity contribution in [3.63, 3.8) is 0 Å². The summed E-state index contributed by atoms with van der Waals surface area (Å²) in [6.07, 6.45) is 1.10. The standard InChI is InChI=1S/C15H17NO5/c17-9-3-5-16(6-4-9)8-11-10-1-2-14(19)21-13(10)7-12(18)15(11)20/h1-2,7,9,17-18,20H,3-6,8H2. The molecule has 2 heterocycles. The number of hydrogen-bond donors (Lipinski definition) is 3. The minimum atomic E-state index is -0.500. The van der Waals surface area contributed by atoms with E-state index in [1.54, 1.807) is 6.07 Å². The number of aromatic hydroxyl groups is 2. The van der Waals surface area contributed by atoms with Gasteiger partial charge in [-0.05, 0) is 18.9 Å². The lowest BCUT2D eigenvalue weighted by Gasteiger charge is -2.29. The molecule has 1 aliphatic heterocycles. The molecule has 112 valence electrons. The zero-order valence-electron chi connectivity index (χ0n) is 11.5. The molecular formula is C15H17NO5. The normalized spacial score (nSPS) is 17.4. The first kappa shape index (κ1) is 13.9. The van der Waals surface area contributed by atoms with Gasteiger partial charge >= 0.3 is 5.63 Å². The topological polar surface area (TPSA) is 94.1 Å². The summed E-state index contributed by atoms with van der Waals surface area (Å²) < 4.78 is 5.06. The van der Waals surface area contributed by atoms with Crippen LogP contribution in [-0.4, -0.2) is 39.4 Å². The highest BCUT2D eigenvalue weighted by atomic mass is 16.4. The number of rotatable bonds is 2. The number of aliphatic hydroxyl groups is 1. The third kappa shape index (κ3) is 2.72. The molecule has 1 saturated heterocycles. The number of phenolic OH excluding ortho intramolecular Hbond substituents is 2. The van der Waals surface area contributed by atoms with Gasteiger partial charge in [0.1, 0.15) is 5.58 Å². The number of piperidine rings is 1. The zero-order valence-corrected chi connectivity index (χ0v) is 11.5. The summed E-state index contributed by atoms with van der Waals surface area (Å²) in [5.74, 6) is -0.494. The molecule has 1 aliphatic rings. The first-order valence-corrected chi connectivity index (χ1v) is 6.92. The van der Waals surface area contributed by atoms with E-state index in [4.69, 9.17) is 4.42 Å². The summed E-state index contributed by atoms with van der Waals surface area (Å²) in [5, 5.41) is 30.0. The van der Waals surface area contributed by atoms with Crippen LogP contribution < -0.4 is 5.63 Å². The van der Waals surface area contributed by atoms with Gasteiger partial charge in [0.15, 0.2) is 11.5 Å². The average molecular weight is 291 g/mol. The lowest BCUT2D eigenvalue weighted by Crippen LogP contribution is -2.35. The highest BCUT2D eigenvalue weighted by Gasteiger charge is 2.21. The monoisotopic (exact) mass is 291 g/mol. The average Bonchev–Trinajstić information content (AvgIpc) is 2.46. The van der Waals surface area contributed by atoms with Gasteiger partial charge in [0, 0.05) is 42.7 Å². The zero-order chi connectivity index (χ0) is 15.0. The second-order valence-electron chi connectivity index (χ2n) is 5.40. The van der Waals surface area contributed by atoms with Gasteiger partial charge in [0.25, 0.3) is 0 Å². The van der Waals surface area contributed by atoms with Crippen molar-refractivity contribution in [3.05, 3.63) is 34.2 Å². The maximum atomic E-state index is 11.3. The van der Waals surface area contributed by atoms with Gasteiger partial charge in [-0.25, -0.2) is 4.79 Å². The Kier molecular flexibility index (Phi) is 3.57. The van der Waals surface area contributed by atoms with Crippen molar-refractivity contribution in [2.45, 2.75) is 25.5 Å². The van der Waals surface area contributed by atoms with Crippen molar-refractivity contribution in [1.82, 2.24) is 4.90 Å². The van der Waals surface area contributed by atoms with Gasteiger partial charge in [-0.15, -0.1) is 0 Å². The summed E-state index contributed by atoms with van der Waals surface area (Å²) in [4.78, 5) is 13.4. The molecule has 0 saturated carbocycles. The molecular weight excluding hydrogens is 274 g/mol. The largest absolute Gasteiger partial charge is 0.504 e. The van der Waals surface area contributed by atoms with Crippen LogP contribution in [0, 0.1) is 0 Å². The van der Waals surface area contributed by atoms with Gasteiger partial charge in [0.2, 0.25) is 0 Å². The van der Waals surface area contributed by atoms with Crippen LogP contribution in [0.15, 0.2) is 27.4 Å². The maximum Gasteiger partial charge on any atom is 0.336 e. The van der Waals surface area contributed by atoms with Crippen LogP contribution in [-0.2, 0) is 6.54 Å². The molecule has 6 nitrogen and oxygen atoms in total. The molecule has 2 aromatic rings. The third-order valence-corrected chi connectivity index (χ3v) is 3.92. The van der Waals surface area contributed by atoms with E-state index in [0.717, 1.165) is 0 Å². The fourth-order valence-electron chi connectivity index (χ4n) is 2.72. The van der Waals surface area contributed by atoms with Crippen molar-refractivity contribution >= 4 is 11.0 Å². The van der Waals surface area contributed by atoms with E-state index in [9.17, 15) is 20.1 Å². The Balaban J connectivity index is 2.00. The number of likely N-dealkylation sites (tertiary alicyclic amines) is 1. The number of nitrogens with zero attached hydrogens (tertiary/aromatic N) is 1. The minimum absolute atomic E-state index is 0.192. The number of benzene rings is 1. The Hall–Kier alpha value is -2.05. The summed E-state index contributed by atoms with van der Waals surface area (Å²) in [6.45, 7) is 1.86. The van der Waals surface area contributed by atoms with Crippen molar-refractivity contribution in [3.8, 4) is 11.5 Å². The predicted molar refractivity (Wildman–Crippen MR) is 76.3 cm³/mol. The fraction of sp³-hybridized carbons (Fsp3) is 0.400. The lowest BCUT2D eigenvalue weighted by molar-refractivity contribution is 0.0790. The van der Waals surface area contributed by atoms with E-state index < -0.39 is 5.63 Å². The summed E-state index contributed by atoms with van der Waals surface area (Å²) in [7, 11) is 0. The Morgan fingerprint density at radius 2 is 1.95 bits per heavy atom. The van der Waals surface area contributed by atoms with E-state index in [-0.39, 0.29) is 23.2 Å². The van der Waals surface area contributed by atoms with E-state index in [2.05, 4.69) is 4.90 Å². The second kappa shape index (κ2) is 5.38. The van der Waals surface area contributed by atoms with E-state index in [1.165, 1.54) is 12.1 Å². The van der Waals surface area contributed by atoms with Crippen molar-refractivity contribution in [2.75, 3.05) is 13.1 Å². The lowest BCUT2D eigenvalue weighted by atomic mass is 10.0. The van der Waals surface area contributed by atoms with Crippen LogP contribution in [0.2, 0.25) is 0 Å². The molecule has 0 bridgehead atoms. The first-order chi connectivity index (χ1) is 10.0. The molecule has 1 aromatic heterocycles. The Morgan fingerprint density at radius 3 is 2.67 bits per heavy atom. The molecule has 21 heavy (non-hydrogen) atoms. The summed E-state index contributed by atoms with van der Waals surface area (Å²) in [5.41, 5.74) is 0.287. The Bertz CT molecular complexity index is 716. The molecule has 0 atom stereocenters. The molecule has 0 spiro atoms. The molecule has 0 unspecified atom stereocenters.